The van der Waals surface area contributed by atoms with Crippen molar-refractivity contribution in [3.05, 3.63) is 88.3 Å². The average molecular weight is 446 g/mol. The van der Waals surface area contributed by atoms with Gasteiger partial charge in [-0.15, -0.1) is 0 Å². The summed E-state index contributed by atoms with van der Waals surface area (Å²) in [6.07, 6.45) is 1.18. The van der Waals surface area contributed by atoms with Crippen LogP contribution in [0.3, 0.4) is 0 Å². The van der Waals surface area contributed by atoms with E-state index in [0.29, 0.717) is 29.9 Å². The molecule has 0 amide bonds. The van der Waals surface area contributed by atoms with Crippen molar-refractivity contribution in [2.75, 3.05) is 6.61 Å². The molecule has 0 fully saturated rings. The number of para-hydroxylation sites is 1. The van der Waals surface area contributed by atoms with Gasteiger partial charge in [0.2, 0.25) is 0 Å². The summed E-state index contributed by atoms with van der Waals surface area (Å²) in [6.45, 7) is 8.52. The molecule has 0 radical (unpaired) electrons. The molecule has 2 aromatic rings. The molecule has 2 aliphatic rings. The molecule has 0 unspecified atom stereocenters. The number of dihydropyridines is 1. The van der Waals surface area contributed by atoms with Crippen LogP contribution in [0.5, 0.6) is 5.75 Å². The fourth-order valence-corrected chi connectivity index (χ4v) is 4.81. The molecule has 1 aliphatic heterocycles. The van der Waals surface area contributed by atoms with E-state index >= 15 is 0 Å². The number of carbonyl (C=O) groups excluding carboxylic acids is 2. The third kappa shape index (κ3) is 4.72. The molecule has 172 valence electrons. The van der Waals surface area contributed by atoms with Gasteiger partial charge in [0, 0.05) is 29.0 Å². The molecular weight excluding hydrogens is 414 g/mol. The van der Waals surface area contributed by atoms with Gasteiger partial charge in [-0.2, -0.15) is 0 Å². The molecule has 5 nitrogen and oxygen atoms in total. The van der Waals surface area contributed by atoms with E-state index in [9.17, 15) is 9.59 Å². The van der Waals surface area contributed by atoms with E-state index in [1.807, 2.05) is 61.5 Å². The van der Waals surface area contributed by atoms with Crippen molar-refractivity contribution in [3.63, 3.8) is 0 Å². The SMILES string of the molecule is CCOC(=O)C1=C(C)NC2=C(C(=O)CC(C)(C)C2)[C@H]1c1ccccc1OCc1ccccc1. The van der Waals surface area contributed by atoms with Gasteiger partial charge < -0.3 is 14.8 Å². The van der Waals surface area contributed by atoms with Crippen LogP contribution in [0.15, 0.2) is 77.1 Å². The van der Waals surface area contributed by atoms with Gasteiger partial charge in [0.15, 0.2) is 5.78 Å². The summed E-state index contributed by atoms with van der Waals surface area (Å²) < 4.78 is 11.6. The number of ether oxygens (including phenoxy) is 2. The molecule has 5 heteroatoms. The lowest BCUT2D eigenvalue weighted by molar-refractivity contribution is -0.138. The summed E-state index contributed by atoms with van der Waals surface area (Å²) in [6, 6.07) is 17.6. The molecule has 0 aromatic heterocycles. The van der Waals surface area contributed by atoms with Gasteiger partial charge in [0.1, 0.15) is 12.4 Å². The first-order valence-corrected chi connectivity index (χ1v) is 11.5. The quantitative estimate of drug-likeness (QED) is 0.601. The lowest BCUT2D eigenvalue weighted by Crippen LogP contribution is -2.38. The highest BCUT2D eigenvalue weighted by molar-refractivity contribution is 6.04. The number of benzene rings is 2. The molecule has 1 N–H and O–H groups in total. The summed E-state index contributed by atoms with van der Waals surface area (Å²) in [4.78, 5) is 26.5. The standard InChI is InChI=1S/C28H31NO4/c1-5-32-27(31)24-18(2)29-21-15-28(3,4)16-22(30)26(21)25(24)20-13-9-10-14-23(20)33-17-19-11-7-6-8-12-19/h6-14,25,29H,5,15-17H2,1-4H3/t25-/m0/s1. The van der Waals surface area contributed by atoms with Crippen molar-refractivity contribution >= 4 is 11.8 Å². The lowest BCUT2D eigenvalue weighted by Gasteiger charge is -2.39. The van der Waals surface area contributed by atoms with Crippen LogP contribution in [0.2, 0.25) is 0 Å². The number of rotatable bonds is 6. The molecule has 0 bridgehead atoms. The Bertz CT molecular complexity index is 1130. The van der Waals surface area contributed by atoms with Crippen LogP contribution < -0.4 is 10.1 Å². The summed E-state index contributed by atoms with van der Waals surface area (Å²) >= 11 is 0. The molecule has 0 spiro atoms. The van der Waals surface area contributed by atoms with Gasteiger partial charge in [0.25, 0.3) is 0 Å². The predicted molar refractivity (Wildman–Crippen MR) is 127 cm³/mol. The van der Waals surface area contributed by atoms with Crippen LogP contribution in [-0.4, -0.2) is 18.4 Å². The summed E-state index contributed by atoms with van der Waals surface area (Å²) in [5, 5.41) is 3.37. The molecule has 1 heterocycles. The van der Waals surface area contributed by atoms with E-state index < -0.39 is 11.9 Å². The van der Waals surface area contributed by atoms with Gasteiger partial charge in [-0.3, -0.25) is 4.79 Å². The third-order valence-corrected chi connectivity index (χ3v) is 6.20. The second-order valence-electron chi connectivity index (χ2n) is 9.46. The maximum atomic E-state index is 13.4. The Kier molecular flexibility index (Phi) is 6.41. The first-order chi connectivity index (χ1) is 15.8. The van der Waals surface area contributed by atoms with Crippen LogP contribution in [0.4, 0.5) is 0 Å². The van der Waals surface area contributed by atoms with Gasteiger partial charge in [0.05, 0.1) is 18.1 Å². The zero-order valence-corrected chi connectivity index (χ0v) is 19.7. The van der Waals surface area contributed by atoms with Crippen molar-refractivity contribution in [2.24, 2.45) is 5.41 Å². The Balaban J connectivity index is 1.81. The lowest BCUT2D eigenvalue weighted by atomic mass is 9.68. The molecule has 1 aliphatic carbocycles. The highest BCUT2D eigenvalue weighted by Crippen LogP contribution is 2.48. The number of allylic oxidation sites excluding steroid dienone is 3. The van der Waals surface area contributed by atoms with Crippen LogP contribution in [0.1, 0.15) is 57.6 Å². The van der Waals surface area contributed by atoms with Crippen molar-refractivity contribution in [2.45, 2.75) is 53.1 Å². The highest BCUT2D eigenvalue weighted by atomic mass is 16.5. The minimum atomic E-state index is -0.532. The van der Waals surface area contributed by atoms with Crippen molar-refractivity contribution in [1.29, 1.82) is 0 Å². The molecule has 0 saturated heterocycles. The summed E-state index contributed by atoms with van der Waals surface area (Å²) in [7, 11) is 0. The zero-order valence-electron chi connectivity index (χ0n) is 19.7. The third-order valence-electron chi connectivity index (χ3n) is 6.20. The Hall–Kier alpha value is -3.34. The number of ketones is 1. The van der Waals surface area contributed by atoms with E-state index in [1.165, 1.54) is 0 Å². The average Bonchev–Trinajstić information content (AvgIpc) is 2.77. The first-order valence-electron chi connectivity index (χ1n) is 11.5. The van der Waals surface area contributed by atoms with Gasteiger partial charge >= 0.3 is 5.97 Å². The van der Waals surface area contributed by atoms with Gasteiger partial charge in [-0.1, -0.05) is 62.4 Å². The van der Waals surface area contributed by atoms with Crippen LogP contribution in [0.25, 0.3) is 0 Å². The Morgan fingerprint density at radius 2 is 1.76 bits per heavy atom. The summed E-state index contributed by atoms with van der Waals surface area (Å²) in [5.41, 5.74) is 4.45. The van der Waals surface area contributed by atoms with E-state index in [4.69, 9.17) is 9.47 Å². The van der Waals surface area contributed by atoms with Crippen LogP contribution in [-0.2, 0) is 20.9 Å². The van der Waals surface area contributed by atoms with Gasteiger partial charge in [-0.05, 0) is 37.3 Å². The second-order valence-corrected chi connectivity index (χ2v) is 9.46. The summed E-state index contributed by atoms with van der Waals surface area (Å²) in [5.74, 6) is -0.219. The Morgan fingerprint density at radius 3 is 2.48 bits per heavy atom. The Labute approximate surface area is 195 Å². The van der Waals surface area contributed by atoms with Crippen molar-refractivity contribution in [1.82, 2.24) is 5.32 Å². The number of Topliss-reactive ketones (excluding diaryl/α,β-unsaturated/α-hetero) is 1. The smallest absolute Gasteiger partial charge is 0.336 e. The molecular formula is C28H31NO4. The number of hydrogen-bond donors (Lipinski definition) is 1. The van der Waals surface area contributed by atoms with E-state index in [-0.39, 0.29) is 17.8 Å². The number of carbonyl (C=O) groups is 2. The number of hydrogen-bond acceptors (Lipinski definition) is 5. The molecule has 33 heavy (non-hydrogen) atoms. The molecule has 2 aromatic carbocycles. The largest absolute Gasteiger partial charge is 0.489 e. The highest BCUT2D eigenvalue weighted by Gasteiger charge is 2.43. The monoisotopic (exact) mass is 445 g/mol. The fourth-order valence-electron chi connectivity index (χ4n) is 4.81. The topological polar surface area (TPSA) is 64.6 Å². The van der Waals surface area contributed by atoms with Crippen LogP contribution >= 0.6 is 0 Å². The minimum absolute atomic E-state index is 0.0610. The fraction of sp³-hybridized carbons (Fsp3) is 0.357. The van der Waals surface area contributed by atoms with Crippen molar-refractivity contribution < 1.29 is 19.1 Å². The maximum Gasteiger partial charge on any atom is 0.336 e. The zero-order chi connectivity index (χ0) is 23.6. The molecule has 1 atom stereocenters. The van der Waals surface area contributed by atoms with E-state index in [2.05, 4.69) is 19.2 Å². The predicted octanol–water partition coefficient (Wildman–Crippen LogP) is 5.43. The minimum Gasteiger partial charge on any atom is -0.489 e. The maximum absolute atomic E-state index is 13.4. The second kappa shape index (κ2) is 9.26. The van der Waals surface area contributed by atoms with Crippen molar-refractivity contribution in [3.8, 4) is 5.75 Å². The molecule has 0 saturated carbocycles. The first kappa shape index (κ1) is 22.8. The van der Waals surface area contributed by atoms with Gasteiger partial charge in [-0.25, -0.2) is 4.79 Å². The Morgan fingerprint density at radius 1 is 1.06 bits per heavy atom. The van der Waals surface area contributed by atoms with E-state index in [1.54, 1.807) is 6.92 Å². The number of nitrogens with one attached hydrogen (secondary N) is 1. The normalized spacial score (nSPS) is 19.6. The number of esters is 1. The van der Waals surface area contributed by atoms with E-state index in [0.717, 1.165) is 28.9 Å². The molecule has 4 rings (SSSR count). The van der Waals surface area contributed by atoms with Crippen LogP contribution in [0, 0.1) is 5.41 Å².